The summed E-state index contributed by atoms with van der Waals surface area (Å²) in [5, 5.41) is 0. The fourth-order valence-corrected chi connectivity index (χ4v) is 2.34. The molecule has 1 aliphatic heterocycles. The number of esters is 1. The van der Waals surface area contributed by atoms with E-state index >= 15 is 0 Å². The second-order valence-corrected chi connectivity index (χ2v) is 4.00. The molecule has 0 spiro atoms. The van der Waals surface area contributed by atoms with Gasteiger partial charge in [-0.15, -0.1) is 0 Å². The zero-order valence-corrected chi connectivity index (χ0v) is 8.04. The number of epoxide rings is 1. The maximum Gasteiger partial charge on any atom is 0.340 e. The van der Waals surface area contributed by atoms with Crippen molar-refractivity contribution in [3.8, 4) is 0 Å². The second-order valence-electron chi connectivity index (χ2n) is 4.00. The van der Waals surface area contributed by atoms with E-state index in [1.54, 1.807) is 0 Å². The van der Waals surface area contributed by atoms with Crippen molar-refractivity contribution in [3.63, 3.8) is 0 Å². The molecular formula is C10H16O3. The highest BCUT2D eigenvalue weighted by molar-refractivity contribution is 5.82. The normalized spacial score (nSPS) is 34.2. The Morgan fingerprint density at radius 2 is 2.00 bits per heavy atom. The zero-order valence-electron chi connectivity index (χ0n) is 8.04. The molecule has 1 saturated heterocycles. The predicted molar refractivity (Wildman–Crippen MR) is 47.3 cm³/mol. The molecule has 1 atom stereocenters. The Labute approximate surface area is 78.4 Å². The SMILES string of the molecule is COC(=O)C1(C2CCCCC2)CO1. The molecule has 0 amide bonds. The van der Waals surface area contributed by atoms with E-state index in [2.05, 4.69) is 0 Å². The van der Waals surface area contributed by atoms with Gasteiger partial charge in [0, 0.05) is 5.92 Å². The van der Waals surface area contributed by atoms with Crippen LogP contribution in [0.3, 0.4) is 0 Å². The van der Waals surface area contributed by atoms with Gasteiger partial charge in [-0.2, -0.15) is 0 Å². The lowest BCUT2D eigenvalue weighted by atomic mass is 9.80. The Morgan fingerprint density at radius 3 is 2.46 bits per heavy atom. The van der Waals surface area contributed by atoms with Crippen molar-refractivity contribution in [1.29, 1.82) is 0 Å². The Morgan fingerprint density at radius 1 is 1.38 bits per heavy atom. The molecule has 0 aromatic carbocycles. The summed E-state index contributed by atoms with van der Waals surface area (Å²) in [6.45, 7) is 0.574. The molecule has 1 aliphatic carbocycles. The monoisotopic (exact) mass is 184 g/mol. The third-order valence-electron chi connectivity index (χ3n) is 3.25. The molecule has 3 nitrogen and oxygen atoms in total. The summed E-state index contributed by atoms with van der Waals surface area (Å²) in [5.41, 5.74) is -0.533. The first-order chi connectivity index (χ1) is 6.29. The summed E-state index contributed by atoms with van der Waals surface area (Å²) in [5.74, 6) is 0.244. The number of hydrogen-bond donors (Lipinski definition) is 0. The summed E-state index contributed by atoms with van der Waals surface area (Å²) in [7, 11) is 1.44. The Balaban J connectivity index is 2.01. The third-order valence-corrected chi connectivity index (χ3v) is 3.25. The molecular weight excluding hydrogens is 168 g/mol. The van der Waals surface area contributed by atoms with E-state index in [9.17, 15) is 4.79 Å². The number of rotatable bonds is 2. The van der Waals surface area contributed by atoms with Crippen LogP contribution in [0.5, 0.6) is 0 Å². The van der Waals surface area contributed by atoms with Crippen LogP contribution >= 0.6 is 0 Å². The molecule has 1 heterocycles. The quantitative estimate of drug-likeness (QED) is 0.482. The van der Waals surface area contributed by atoms with Gasteiger partial charge in [0.1, 0.15) is 0 Å². The van der Waals surface area contributed by atoms with Crippen molar-refractivity contribution in [2.45, 2.75) is 37.7 Å². The average Bonchev–Trinajstić information content (AvgIpc) is 2.99. The lowest BCUT2D eigenvalue weighted by molar-refractivity contribution is -0.149. The molecule has 3 heteroatoms. The minimum atomic E-state index is -0.533. The fraction of sp³-hybridized carbons (Fsp3) is 0.900. The predicted octanol–water partition coefficient (Wildman–Crippen LogP) is 1.51. The molecule has 0 N–H and O–H groups in total. The zero-order chi connectivity index (χ0) is 9.31. The smallest absolute Gasteiger partial charge is 0.340 e. The summed E-state index contributed by atoms with van der Waals surface area (Å²) in [6.07, 6.45) is 6.00. The van der Waals surface area contributed by atoms with Crippen molar-refractivity contribution >= 4 is 5.97 Å². The van der Waals surface area contributed by atoms with E-state index < -0.39 is 5.60 Å². The van der Waals surface area contributed by atoms with Crippen LogP contribution < -0.4 is 0 Å². The lowest BCUT2D eigenvalue weighted by Crippen LogP contribution is -2.36. The molecule has 0 aromatic heterocycles. The van der Waals surface area contributed by atoms with Crippen molar-refractivity contribution in [2.24, 2.45) is 5.92 Å². The van der Waals surface area contributed by atoms with E-state index in [0.717, 1.165) is 12.8 Å². The summed E-state index contributed by atoms with van der Waals surface area (Å²) < 4.78 is 10.1. The molecule has 13 heavy (non-hydrogen) atoms. The minimum absolute atomic E-state index is 0.167. The first-order valence-electron chi connectivity index (χ1n) is 5.02. The van der Waals surface area contributed by atoms with Gasteiger partial charge in [0.25, 0.3) is 0 Å². The third kappa shape index (κ3) is 1.46. The van der Waals surface area contributed by atoms with Gasteiger partial charge in [-0.05, 0) is 12.8 Å². The summed E-state index contributed by atoms with van der Waals surface area (Å²) in [4.78, 5) is 11.4. The van der Waals surface area contributed by atoms with E-state index in [4.69, 9.17) is 9.47 Å². The van der Waals surface area contributed by atoms with Crippen LogP contribution in [0, 0.1) is 5.92 Å². The Bertz CT molecular complexity index is 202. The van der Waals surface area contributed by atoms with Gasteiger partial charge in [0.2, 0.25) is 0 Å². The van der Waals surface area contributed by atoms with Gasteiger partial charge >= 0.3 is 5.97 Å². The van der Waals surface area contributed by atoms with Crippen LogP contribution in [-0.2, 0) is 14.3 Å². The number of methoxy groups -OCH3 is 1. The van der Waals surface area contributed by atoms with Crippen LogP contribution in [0.2, 0.25) is 0 Å². The van der Waals surface area contributed by atoms with Crippen molar-refractivity contribution in [1.82, 2.24) is 0 Å². The fourth-order valence-electron chi connectivity index (χ4n) is 2.34. The maximum atomic E-state index is 11.4. The Hall–Kier alpha value is -0.570. The largest absolute Gasteiger partial charge is 0.467 e. The molecule has 0 bridgehead atoms. The summed E-state index contributed by atoms with van der Waals surface area (Å²) >= 11 is 0. The van der Waals surface area contributed by atoms with Crippen molar-refractivity contribution in [2.75, 3.05) is 13.7 Å². The molecule has 0 aromatic rings. The number of carbonyl (C=O) groups excluding carboxylic acids is 1. The minimum Gasteiger partial charge on any atom is -0.467 e. The highest BCUT2D eigenvalue weighted by atomic mass is 16.6. The van der Waals surface area contributed by atoms with Gasteiger partial charge in [-0.1, -0.05) is 19.3 Å². The topological polar surface area (TPSA) is 38.8 Å². The van der Waals surface area contributed by atoms with E-state index in [1.807, 2.05) is 0 Å². The Kier molecular flexibility index (Phi) is 2.28. The molecule has 1 saturated carbocycles. The molecule has 0 radical (unpaired) electrons. The van der Waals surface area contributed by atoms with Gasteiger partial charge < -0.3 is 9.47 Å². The van der Waals surface area contributed by atoms with Crippen molar-refractivity contribution < 1.29 is 14.3 Å². The van der Waals surface area contributed by atoms with Crippen LogP contribution in [0.1, 0.15) is 32.1 Å². The van der Waals surface area contributed by atoms with Crippen LogP contribution in [0.15, 0.2) is 0 Å². The van der Waals surface area contributed by atoms with Gasteiger partial charge in [-0.25, -0.2) is 4.79 Å². The number of ether oxygens (including phenoxy) is 2. The lowest BCUT2D eigenvalue weighted by Gasteiger charge is -2.25. The maximum absolute atomic E-state index is 11.4. The highest BCUT2D eigenvalue weighted by Crippen LogP contribution is 2.43. The van der Waals surface area contributed by atoms with E-state index in [0.29, 0.717) is 12.5 Å². The molecule has 2 aliphatic rings. The van der Waals surface area contributed by atoms with Gasteiger partial charge in [0.15, 0.2) is 5.60 Å². The molecule has 1 unspecified atom stereocenters. The number of hydrogen-bond acceptors (Lipinski definition) is 3. The van der Waals surface area contributed by atoms with Crippen molar-refractivity contribution in [3.05, 3.63) is 0 Å². The van der Waals surface area contributed by atoms with E-state index in [1.165, 1.54) is 26.4 Å². The van der Waals surface area contributed by atoms with E-state index in [-0.39, 0.29) is 5.97 Å². The summed E-state index contributed by atoms with van der Waals surface area (Å²) in [6, 6.07) is 0. The van der Waals surface area contributed by atoms with Crippen LogP contribution in [0.25, 0.3) is 0 Å². The highest BCUT2D eigenvalue weighted by Gasteiger charge is 2.58. The first kappa shape index (κ1) is 9.00. The van der Waals surface area contributed by atoms with Crippen LogP contribution in [-0.4, -0.2) is 25.3 Å². The molecule has 74 valence electrons. The average molecular weight is 184 g/mol. The molecule has 2 rings (SSSR count). The van der Waals surface area contributed by atoms with Crippen LogP contribution in [0.4, 0.5) is 0 Å². The standard InChI is InChI=1S/C10H16O3/c1-12-9(11)10(7-13-10)8-5-3-2-4-6-8/h8H,2-7H2,1H3. The van der Waals surface area contributed by atoms with Gasteiger partial charge in [0.05, 0.1) is 13.7 Å². The molecule has 2 fully saturated rings. The number of carbonyl (C=O) groups is 1. The second kappa shape index (κ2) is 3.29. The first-order valence-corrected chi connectivity index (χ1v) is 5.02. The van der Waals surface area contributed by atoms with Gasteiger partial charge in [-0.3, -0.25) is 0 Å².